The number of benzene rings is 12. The summed E-state index contributed by atoms with van der Waals surface area (Å²) in [6, 6.07) is 73.9. The summed E-state index contributed by atoms with van der Waals surface area (Å²) in [5.41, 5.74) is 8.40. The summed E-state index contributed by atoms with van der Waals surface area (Å²) in [7, 11) is 6.83. The Kier molecular flexibility index (Phi) is 9.95. The zero-order valence-corrected chi connectivity index (χ0v) is 38.2. The van der Waals surface area contributed by atoms with Crippen molar-refractivity contribution in [3.8, 4) is 34.1 Å². The van der Waals surface area contributed by atoms with Gasteiger partial charge in [-0.05, 0) is 169 Å². The van der Waals surface area contributed by atoms with Crippen molar-refractivity contribution in [2.75, 3.05) is 38.2 Å². The molecule has 0 atom stereocenters. The number of fused-ring (bicyclic) bond motifs is 5. The molecule has 0 heterocycles. The first-order valence-corrected chi connectivity index (χ1v) is 22.8. The molecule has 12 aromatic rings. The third-order valence-corrected chi connectivity index (χ3v) is 13.6. The van der Waals surface area contributed by atoms with Crippen molar-refractivity contribution in [2.24, 2.45) is 0 Å². The number of anilines is 6. The first-order valence-electron chi connectivity index (χ1n) is 22.8. The highest BCUT2D eigenvalue weighted by Gasteiger charge is 2.26. The highest BCUT2D eigenvalue weighted by molar-refractivity contribution is 6.41. The van der Waals surface area contributed by atoms with Gasteiger partial charge >= 0.3 is 0 Å². The molecular weight excluding hydrogens is 837 g/mol. The van der Waals surface area contributed by atoms with Crippen LogP contribution >= 0.6 is 0 Å². The fourth-order valence-electron chi connectivity index (χ4n) is 10.4. The predicted octanol–water partition coefficient (Wildman–Crippen LogP) is 16.7. The van der Waals surface area contributed by atoms with Gasteiger partial charge in [-0.15, -0.1) is 0 Å². The molecule has 0 radical (unpaired) electrons. The van der Waals surface area contributed by atoms with E-state index >= 15 is 0 Å². The molecule has 0 bridgehead atoms. The summed E-state index contributed by atoms with van der Waals surface area (Å²) in [6.07, 6.45) is 0. The van der Waals surface area contributed by atoms with Crippen molar-refractivity contribution in [2.45, 2.75) is 0 Å². The second-order valence-corrected chi connectivity index (χ2v) is 17.1. The molecule has 6 nitrogen and oxygen atoms in total. The molecule has 0 saturated heterocycles. The van der Waals surface area contributed by atoms with Crippen LogP contribution in [0.25, 0.3) is 75.8 Å². The highest BCUT2D eigenvalue weighted by atomic mass is 16.5. The normalized spacial score (nSPS) is 11.5. The summed E-state index contributed by atoms with van der Waals surface area (Å²) in [4.78, 5) is 4.73. The molecule has 0 N–H and O–H groups in total. The first kappa shape index (κ1) is 40.7. The van der Waals surface area contributed by atoms with Crippen LogP contribution in [0.3, 0.4) is 0 Å². The lowest BCUT2D eigenvalue weighted by Gasteiger charge is -2.31. The minimum Gasteiger partial charge on any atom is -0.497 e. The van der Waals surface area contributed by atoms with Crippen LogP contribution in [-0.2, 0) is 0 Å². The van der Waals surface area contributed by atoms with Crippen molar-refractivity contribution in [3.63, 3.8) is 0 Å². The van der Waals surface area contributed by atoms with Crippen LogP contribution in [-0.4, -0.2) is 28.4 Å². The Labute approximate surface area is 394 Å². The van der Waals surface area contributed by atoms with E-state index in [0.717, 1.165) is 78.8 Å². The van der Waals surface area contributed by atoms with Crippen LogP contribution in [0.2, 0.25) is 0 Å². The Morgan fingerprint density at radius 2 is 0.691 bits per heavy atom. The molecule has 0 spiro atoms. The molecule has 0 aromatic heterocycles. The Balaban J connectivity index is 1.30. The van der Waals surface area contributed by atoms with E-state index in [1.807, 2.05) is 48.5 Å². The molecule has 0 amide bonds. The molecule has 0 unspecified atom stereocenters. The minimum atomic E-state index is 0.791. The fourth-order valence-corrected chi connectivity index (χ4v) is 10.4. The number of hydrogen-bond donors (Lipinski definition) is 0. The molecule has 0 aliphatic carbocycles. The largest absolute Gasteiger partial charge is 0.497 e. The number of hydrogen-bond acceptors (Lipinski definition) is 6. The van der Waals surface area contributed by atoms with Crippen molar-refractivity contribution in [1.29, 1.82) is 0 Å². The van der Waals surface area contributed by atoms with Gasteiger partial charge in [0.05, 0.1) is 39.8 Å². The minimum absolute atomic E-state index is 0.791. The van der Waals surface area contributed by atoms with E-state index in [9.17, 15) is 0 Å². The number of ether oxygens (including phenoxy) is 4. The second-order valence-electron chi connectivity index (χ2n) is 17.1. The van der Waals surface area contributed by atoms with Crippen LogP contribution in [0.1, 0.15) is 0 Å². The molecule has 0 aliphatic heterocycles. The molecule has 0 saturated carbocycles. The maximum absolute atomic E-state index is 5.70. The highest BCUT2D eigenvalue weighted by Crippen LogP contribution is 2.53. The van der Waals surface area contributed by atoms with Gasteiger partial charge in [-0.3, -0.25) is 0 Å². The van der Waals surface area contributed by atoms with Crippen molar-refractivity contribution < 1.29 is 18.9 Å². The Morgan fingerprint density at radius 3 is 1.25 bits per heavy atom. The van der Waals surface area contributed by atoms with Gasteiger partial charge in [0, 0.05) is 44.3 Å². The van der Waals surface area contributed by atoms with Crippen LogP contribution < -0.4 is 28.7 Å². The Morgan fingerprint density at radius 1 is 0.265 bits per heavy atom. The average Bonchev–Trinajstić information content (AvgIpc) is 3.40. The SMILES string of the molecule is COc1ccc(N(c2ccc(OC)cc2)c2ccc3c4cccc5cccc(c54)c4c5c(N(c6ccc(OC)cc6)c6ccc(OC)cc6)ccc(-c6cccc7ccccc67)c5cc2c34)cc1. The summed E-state index contributed by atoms with van der Waals surface area (Å²) in [6.45, 7) is 0. The molecule has 0 aliphatic rings. The third kappa shape index (κ3) is 6.56. The van der Waals surface area contributed by atoms with Crippen LogP contribution in [0.4, 0.5) is 34.1 Å². The molecule has 68 heavy (non-hydrogen) atoms. The number of methoxy groups -OCH3 is 4. The third-order valence-electron chi connectivity index (χ3n) is 13.6. The first-order chi connectivity index (χ1) is 33.5. The van der Waals surface area contributed by atoms with Gasteiger partial charge in [0.15, 0.2) is 0 Å². The van der Waals surface area contributed by atoms with E-state index in [0.29, 0.717) is 0 Å². The van der Waals surface area contributed by atoms with Gasteiger partial charge in [0.2, 0.25) is 0 Å². The standard InChI is InChI=1S/C62H46N2O4/c1-65-45-26-18-41(19-27-45)63(42-20-28-46(66-2)29-21-42)57-36-35-53-52-16-8-12-40-13-9-17-54(59(40)52)62-60(53)56(57)38-55-51(50-15-7-11-39-10-5-6-14-49(39)50)34-37-58(61(55)62)64(43-22-30-47(67-3)31-23-43)44-24-32-48(68-4)33-25-44/h5-38H,1-4H3. The molecule has 6 heteroatoms. The molecule has 12 rings (SSSR count). The Bertz CT molecular complexity index is 3730. The van der Waals surface area contributed by atoms with Crippen molar-refractivity contribution in [3.05, 3.63) is 206 Å². The van der Waals surface area contributed by atoms with Gasteiger partial charge in [-0.1, -0.05) is 91.0 Å². The van der Waals surface area contributed by atoms with Gasteiger partial charge < -0.3 is 28.7 Å². The zero-order chi connectivity index (χ0) is 45.9. The van der Waals surface area contributed by atoms with Crippen molar-refractivity contribution >= 4 is 98.8 Å². The lowest BCUT2D eigenvalue weighted by molar-refractivity contribution is 0.414. The number of nitrogens with zero attached hydrogens (tertiary/aromatic N) is 2. The lowest BCUT2D eigenvalue weighted by Crippen LogP contribution is -2.12. The van der Waals surface area contributed by atoms with Crippen LogP contribution in [0.5, 0.6) is 23.0 Å². The summed E-state index contributed by atoms with van der Waals surface area (Å²) < 4.78 is 22.7. The maximum Gasteiger partial charge on any atom is 0.119 e. The molecule has 328 valence electrons. The number of rotatable bonds is 11. The summed E-state index contributed by atoms with van der Waals surface area (Å²) >= 11 is 0. The topological polar surface area (TPSA) is 43.4 Å². The predicted molar refractivity (Wildman–Crippen MR) is 284 cm³/mol. The van der Waals surface area contributed by atoms with E-state index < -0.39 is 0 Å². The van der Waals surface area contributed by atoms with Crippen molar-refractivity contribution in [1.82, 2.24) is 0 Å². The lowest BCUT2D eigenvalue weighted by atomic mass is 9.83. The van der Waals surface area contributed by atoms with Gasteiger partial charge in [-0.25, -0.2) is 0 Å². The fraction of sp³-hybridized carbons (Fsp3) is 0.0645. The zero-order valence-electron chi connectivity index (χ0n) is 38.2. The van der Waals surface area contributed by atoms with E-state index in [2.05, 4.69) is 168 Å². The van der Waals surface area contributed by atoms with Gasteiger partial charge in [0.25, 0.3) is 0 Å². The monoisotopic (exact) mass is 882 g/mol. The molecule has 12 aromatic carbocycles. The Hall–Kier alpha value is -8.74. The van der Waals surface area contributed by atoms with Gasteiger partial charge in [0.1, 0.15) is 23.0 Å². The molecular formula is C62H46N2O4. The summed E-state index contributed by atoms with van der Waals surface area (Å²) in [5, 5.41) is 14.2. The van der Waals surface area contributed by atoms with E-state index in [1.165, 1.54) is 54.0 Å². The second kappa shape index (κ2) is 16.6. The summed E-state index contributed by atoms with van der Waals surface area (Å²) in [5.74, 6) is 3.17. The maximum atomic E-state index is 5.70. The van der Waals surface area contributed by atoms with Gasteiger partial charge in [-0.2, -0.15) is 0 Å². The quantitative estimate of drug-likeness (QED) is 0.0952. The van der Waals surface area contributed by atoms with Crippen LogP contribution in [0, 0.1) is 0 Å². The van der Waals surface area contributed by atoms with E-state index in [4.69, 9.17) is 18.9 Å². The van der Waals surface area contributed by atoms with Crippen LogP contribution in [0.15, 0.2) is 206 Å². The smallest absolute Gasteiger partial charge is 0.119 e. The molecule has 0 fully saturated rings. The van der Waals surface area contributed by atoms with E-state index in [-0.39, 0.29) is 0 Å². The van der Waals surface area contributed by atoms with E-state index in [1.54, 1.807) is 28.4 Å². The average molecular weight is 883 g/mol.